The maximum atomic E-state index is 13.4. The Labute approximate surface area is 179 Å². The van der Waals surface area contributed by atoms with E-state index in [4.69, 9.17) is 4.74 Å². The van der Waals surface area contributed by atoms with Crippen LogP contribution in [-0.2, 0) is 9.53 Å². The molecule has 0 spiro atoms. The Hall–Kier alpha value is -1.08. The summed E-state index contributed by atoms with van der Waals surface area (Å²) in [7, 11) is 1.66. The van der Waals surface area contributed by atoms with Gasteiger partial charge in [0.25, 0.3) is 0 Å². The summed E-state index contributed by atoms with van der Waals surface area (Å²) in [6.07, 6.45) is 3.60. The Morgan fingerprint density at radius 1 is 1.36 bits per heavy atom. The van der Waals surface area contributed by atoms with Crippen LogP contribution in [0.25, 0.3) is 0 Å². The van der Waals surface area contributed by atoms with Crippen molar-refractivity contribution in [3.8, 4) is 0 Å². The Morgan fingerprint density at radius 2 is 2.07 bits per heavy atom. The number of aryl methyl sites for hydroxylation is 1. The number of nitrogens with zero attached hydrogens (tertiary/aromatic N) is 1. The Kier molecular flexibility index (Phi) is 9.98. The van der Waals surface area contributed by atoms with Gasteiger partial charge in [0.15, 0.2) is 0 Å². The molecule has 0 aromatic heterocycles. The number of benzene rings is 1. The molecule has 2 fully saturated rings. The number of anilines is 1. The summed E-state index contributed by atoms with van der Waals surface area (Å²) in [4.78, 5) is 15.3. The molecule has 1 amide bonds. The highest BCUT2D eigenvalue weighted by Gasteiger charge is 2.40. The number of ether oxygens (including phenoxy) is 1. The van der Waals surface area contributed by atoms with Gasteiger partial charge in [-0.25, -0.2) is 4.39 Å². The number of piperidine rings is 2. The lowest BCUT2D eigenvalue weighted by Gasteiger charge is -2.40. The van der Waals surface area contributed by atoms with E-state index in [1.165, 1.54) is 6.07 Å². The monoisotopic (exact) mass is 435 g/mol. The van der Waals surface area contributed by atoms with E-state index in [1.54, 1.807) is 13.2 Å². The predicted octanol–water partition coefficient (Wildman–Crippen LogP) is 3.08. The van der Waals surface area contributed by atoms with Crippen LogP contribution in [0.1, 0.15) is 31.2 Å². The van der Waals surface area contributed by atoms with Crippen LogP contribution in [0.3, 0.4) is 0 Å². The van der Waals surface area contributed by atoms with Crippen molar-refractivity contribution in [3.05, 3.63) is 29.6 Å². The smallest absolute Gasteiger partial charge is 0.228 e. The predicted molar refractivity (Wildman–Crippen MR) is 115 cm³/mol. The quantitative estimate of drug-likeness (QED) is 0.745. The fraction of sp³-hybridized carbons (Fsp3) is 0.650. The first kappa shape index (κ1) is 25.0. The summed E-state index contributed by atoms with van der Waals surface area (Å²) in [5.74, 6) is -0.0935. The third-order valence-electron chi connectivity index (χ3n) is 5.72. The van der Waals surface area contributed by atoms with Gasteiger partial charge in [-0.2, -0.15) is 0 Å². The highest BCUT2D eigenvalue weighted by atomic mass is 35.5. The highest BCUT2D eigenvalue weighted by molar-refractivity contribution is 5.85. The molecule has 8 heteroatoms. The minimum atomic E-state index is -0.423. The van der Waals surface area contributed by atoms with Crippen molar-refractivity contribution in [2.24, 2.45) is 5.41 Å². The van der Waals surface area contributed by atoms with Crippen LogP contribution >= 0.6 is 24.8 Å². The van der Waals surface area contributed by atoms with Gasteiger partial charge in [-0.1, -0.05) is 0 Å². The molecule has 5 nitrogen and oxygen atoms in total. The van der Waals surface area contributed by atoms with Crippen LogP contribution in [-0.4, -0.2) is 51.8 Å². The van der Waals surface area contributed by atoms with Crippen molar-refractivity contribution in [1.82, 2.24) is 10.6 Å². The lowest BCUT2D eigenvalue weighted by atomic mass is 9.78. The second kappa shape index (κ2) is 11.2. The average molecular weight is 436 g/mol. The van der Waals surface area contributed by atoms with Crippen LogP contribution in [0.5, 0.6) is 0 Å². The van der Waals surface area contributed by atoms with Crippen molar-refractivity contribution >= 4 is 36.4 Å². The van der Waals surface area contributed by atoms with Crippen molar-refractivity contribution in [2.75, 3.05) is 44.8 Å². The number of hydrogen-bond donors (Lipinski definition) is 2. The van der Waals surface area contributed by atoms with E-state index in [2.05, 4.69) is 15.5 Å². The number of carbonyl (C=O) groups is 1. The molecule has 2 aliphatic heterocycles. The number of carbonyl (C=O) groups excluding carboxylic acids is 1. The first-order chi connectivity index (χ1) is 12.5. The van der Waals surface area contributed by atoms with Crippen molar-refractivity contribution in [2.45, 2.75) is 38.6 Å². The molecule has 0 saturated carbocycles. The van der Waals surface area contributed by atoms with Crippen LogP contribution < -0.4 is 15.5 Å². The maximum Gasteiger partial charge on any atom is 0.228 e. The first-order valence-corrected chi connectivity index (χ1v) is 9.56. The molecule has 1 unspecified atom stereocenters. The fourth-order valence-electron chi connectivity index (χ4n) is 4.24. The normalized spacial score (nSPS) is 21.2. The molecule has 1 atom stereocenters. The summed E-state index contributed by atoms with van der Waals surface area (Å²) in [6.45, 7) is 5.80. The van der Waals surface area contributed by atoms with E-state index in [1.807, 2.05) is 13.0 Å². The molecule has 2 aliphatic rings. The third kappa shape index (κ3) is 5.72. The minimum absolute atomic E-state index is 0. The summed E-state index contributed by atoms with van der Waals surface area (Å²) in [5.41, 5.74) is 1.57. The molecule has 0 radical (unpaired) electrons. The van der Waals surface area contributed by atoms with Gasteiger partial charge < -0.3 is 20.3 Å². The third-order valence-corrected chi connectivity index (χ3v) is 5.72. The molecule has 0 bridgehead atoms. The van der Waals surface area contributed by atoms with E-state index in [0.717, 1.165) is 63.1 Å². The van der Waals surface area contributed by atoms with Gasteiger partial charge >= 0.3 is 0 Å². The number of rotatable bonds is 5. The summed E-state index contributed by atoms with van der Waals surface area (Å²) < 4.78 is 18.8. The van der Waals surface area contributed by atoms with Gasteiger partial charge in [0, 0.05) is 31.9 Å². The van der Waals surface area contributed by atoms with Gasteiger partial charge in [0.1, 0.15) is 5.82 Å². The molecule has 160 valence electrons. The Balaban J connectivity index is 0.00000196. The molecule has 28 heavy (non-hydrogen) atoms. The van der Waals surface area contributed by atoms with Crippen LogP contribution in [0.2, 0.25) is 0 Å². The van der Waals surface area contributed by atoms with Crippen molar-refractivity contribution in [3.63, 3.8) is 0 Å². The Morgan fingerprint density at radius 3 is 2.71 bits per heavy atom. The number of hydrogen-bond acceptors (Lipinski definition) is 4. The lowest BCUT2D eigenvalue weighted by molar-refractivity contribution is -0.137. The second-order valence-corrected chi connectivity index (χ2v) is 7.65. The molecule has 2 heterocycles. The summed E-state index contributed by atoms with van der Waals surface area (Å²) in [6, 6.07) is 5.03. The first-order valence-electron chi connectivity index (χ1n) is 9.56. The van der Waals surface area contributed by atoms with Gasteiger partial charge in [-0.15, -0.1) is 24.8 Å². The second-order valence-electron chi connectivity index (χ2n) is 7.65. The van der Waals surface area contributed by atoms with E-state index >= 15 is 0 Å². The minimum Gasteiger partial charge on any atom is -0.384 e. The number of nitrogens with one attached hydrogen (secondary N) is 2. The Bertz CT molecular complexity index is 636. The van der Waals surface area contributed by atoms with Gasteiger partial charge in [-0.3, -0.25) is 4.79 Å². The van der Waals surface area contributed by atoms with Crippen molar-refractivity contribution < 1.29 is 13.9 Å². The summed E-state index contributed by atoms with van der Waals surface area (Å²) >= 11 is 0. The molecular weight excluding hydrogens is 404 g/mol. The van der Waals surface area contributed by atoms with Crippen LogP contribution in [0.15, 0.2) is 18.2 Å². The molecule has 1 aromatic rings. The standard InChI is InChI=1S/C20H30FN3O2.2ClH/c1-15-12-16(21)5-6-18(15)24-11-3-4-17(13-24)23-19(25)20(14-26-2)7-9-22-10-8-20;;/h5-6,12,17,22H,3-4,7-11,13-14H2,1-2H3,(H,23,25);2*1H. The van der Waals surface area contributed by atoms with Crippen LogP contribution in [0.4, 0.5) is 10.1 Å². The van der Waals surface area contributed by atoms with E-state index in [9.17, 15) is 9.18 Å². The van der Waals surface area contributed by atoms with Gasteiger partial charge in [0.05, 0.1) is 12.0 Å². The number of amides is 1. The molecule has 0 aliphatic carbocycles. The maximum absolute atomic E-state index is 13.4. The molecule has 1 aromatic carbocycles. The number of methoxy groups -OCH3 is 1. The van der Waals surface area contributed by atoms with Gasteiger partial charge in [-0.05, 0) is 69.5 Å². The average Bonchev–Trinajstić information content (AvgIpc) is 2.63. The topological polar surface area (TPSA) is 53.6 Å². The molecular formula is C20H32Cl2FN3O2. The SMILES string of the molecule is COCC1(C(=O)NC2CCCN(c3ccc(F)cc3C)C2)CCNCC1.Cl.Cl. The number of halogens is 3. The largest absolute Gasteiger partial charge is 0.384 e. The van der Waals surface area contributed by atoms with Crippen LogP contribution in [0, 0.1) is 18.2 Å². The highest BCUT2D eigenvalue weighted by Crippen LogP contribution is 2.30. The molecule has 2 saturated heterocycles. The van der Waals surface area contributed by atoms with E-state index in [-0.39, 0.29) is 42.6 Å². The fourth-order valence-corrected chi connectivity index (χ4v) is 4.24. The lowest BCUT2D eigenvalue weighted by Crippen LogP contribution is -2.55. The van der Waals surface area contributed by atoms with E-state index in [0.29, 0.717) is 6.61 Å². The van der Waals surface area contributed by atoms with Crippen molar-refractivity contribution in [1.29, 1.82) is 0 Å². The van der Waals surface area contributed by atoms with E-state index < -0.39 is 5.41 Å². The zero-order chi connectivity index (χ0) is 18.6. The zero-order valence-electron chi connectivity index (χ0n) is 16.6. The zero-order valence-corrected chi connectivity index (χ0v) is 18.3. The molecule has 2 N–H and O–H groups in total. The summed E-state index contributed by atoms with van der Waals surface area (Å²) in [5, 5.41) is 6.60. The van der Waals surface area contributed by atoms with Gasteiger partial charge in [0.2, 0.25) is 5.91 Å². The molecule has 3 rings (SSSR count).